The Morgan fingerprint density at radius 1 is 1.58 bits per heavy atom. The molecule has 1 aromatic rings. The summed E-state index contributed by atoms with van der Waals surface area (Å²) in [5.74, 6) is -1.52. The third-order valence-corrected chi connectivity index (χ3v) is 6.54. The second-order valence-electron chi connectivity index (χ2n) is 6.18. The molecule has 2 fully saturated rings. The zero-order valence-electron chi connectivity index (χ0n) is 14.0. The number of nitrogens with two attached hydrogens (primary N) is 1. The van der Waals surface area contributed by atoms with E-state index in [1.165, 1.54) is 23.8 Å². The molecule has 0 radical (unpaired) electrons. The molecule has 2 aliphatic heterocycles. The first-order valence-electron chi connectivity index (χ1n) is 7.56. The molecule has 10 nitrogen and oxygen atoms in total. The Hall–Kier alpha value is -2.34. The number of thiazole rings is 1. The maximum absolute atomic E-state index is 12.5. The fraction of sp³-hybridized carbons (Fsp3) is 0.500. The molecule has 0 bridgehead atoms. The number of hydrogen-bond acceptors (Lipinski definition) is 9. The number of anilines is 1. The lowest BCUT2D eigenvalue weighted by Gasteiger charge is -2.53. The number of aliphatic carboxylic acids is 1. The van der Waals surface area contributed by atoms with E-state index in [0.29, 0.717) is 5.75 Å². The van der Waals surface area contributed by atoms with E-state index in [0.717, 1.165) is 11.3 Å². The first-order chi connectivity index (χ1) is 12.3. The number of rotatable bonds is 5. The highest BCUT2D eigenvalue weighted by molar-refractivity contribution is 8.00. The number of amides is 2. The number of β-lactam (4-membered cyclic amide) rings is 1. The molecule has 140 valence electrons. The number of thioether (sulfide) groups is 1. The van der Waals surface area contributed by atoms with E-state index in [1.807, 2.05) is 0 Å². The Morgan fingerprint density at radius 2 is 2.31 bits per heavy atom. The van der Waals surface area contributed by atoms with Gasteiger partial charge in [0.1, 0.15) is 24.2 Å². The average molecular weight is 399 g/mol. The second kappa shape index (κ2) is 6.76. The first-order valence-corrected chi connectivity index (χ1v) is 9.48. The quantitative estimate of drug-likeness (QED) is 0.343. The minimum atomic E-state index is -0.993. The van der Waals surface area contributed by atoms with Gasteiger partial charge in [0.2, 0.25) is 5.91 Å². The van der Waals surface area contributed by atoms with Gasteiger partial charge >= 0.3 is 5.97 Å². The van der Waals surface area contributed by atoms with Gasteiger partial charge in [0.15, 0.2) is 10.8 Å². The number of nitrogens with one attached hydrogen (secondary N) is 1. The number of nitrogen functional groups attached to an aromatic ring is 1. The number of oxime groups is 1. The molecule has 0 aromatic carbocycles. The van der Waals surface area contributed by atoms with Gasteiger partial charge in [-0.2, -0.15) is 0 Å². The summed E-state index contributed by atoms with van der Waals surface area (Å²) in [5.41, 5.74) is 4.76. The van der Waals surface area contributed by atoms with Crippen molar-refractivity contribution in [3.05, 3.63) is 11.1 Å². The topological polar surface area (TPSA) is 147 Å². The number of fused-ring (bicyclic) bond motifs is 1. The summed E-state index contributed by atoms with van der Waals surface area (Å²) >= 11 is 2.48. The van der Waals surface area contributed by atoms with Crippen LogP contribution in [-0.4, -0.2) is 69.3 Å². The highest BCUT2D eigenvalue weighted by atomic mass is 32.2. The minimum Gasteiger partial charge on any atom is -0.481 e. The number of carbonyl (C=O) groups excluding carboxylic acids is 2. The van der Waals surface area contributed by atoms with E-state index in [1.54, 1.807) is 12.3 Å². The molecule has 2 unspecified atom stereocenters. The molecule has 2 amide bonds. The average Bonchev–Trinajstić information content (AvgIpc) is 3.03. The third kappa shape index (κ3) is 3.09. The van der Waals surface area contributed by atoms with Crippen molar-refractivity contribution >= 4 is 51.7 Å². The summed E-state index contributed by atoms with van der Waals surface area (Å²) in [4.78, 5) is 46.4. The molecule has 26 heavy (non-hydrogen) atoms. The predicted octanol–water partition coefficient (Wildman–Crippen LogP) is -0.433. The van der Waals surface area contributed by atoms with Crippen molar-refractivity contribution in [2.24, 2.45) is 10.6 Å². The largest absolute Gasteiger partial charge is 0.481 e. The number of carboxylic acid groups (broad SMARTS) is 1. The summed E-state index contributed by atoms with van der Waals surface area (Å²) in [6, 6.07) is -0.746. The van der Waals surface area contributed by atoms with Crippen LogP contribution in [0.4, 0.5) is 5.13 Å². The smallest absolute Gasteiger partial charge is 0.312 e. The molecule has 3 rings (SSSR count). The molecule has 1 aromatic heterocycles. The molecule has 0 spiro atoms. The van der Waals surface area contributed by atoms with Crippen molar-refractivity contribution in [1.82, 2.24) is 15.2 Å². The van der Waals surface area contributed by atoms with Crippen molar-refractivity contribution in [3.63, 3.8) is 0 Å². The van der Waals surface area contributed by atoms with Gasteiger partial charge in [0.25, 0.3) is 5.91 Å². The zero-order valence-corrected chi connectivity index (χ0v) is 15.6. The zero-order chi connectivity index (χ0) is 19.1. The first kappa shape index (κ1) is 18.5. The fourth-order valence-corrected chi connectivity index (χ4v) is 4.77. The summed E-state index contributed by atoms with van der Waals surface area (Å²) in [5, 5.41) is 17.2. The summed E-state index contributed by atoms with van der Waals surface area (Å²) in [6.45, 7) is 1.72. The van der Waals surface area contributed by atoms with Gasteiger partial charge in [0, 0.05) is 17.7 Å². The van der Waals surface area contributed by atoms with Gasteiger partial charge in [-0.3, -0.25) is 14.4 Å². The molecule has 0 saturated carbocycles. The van der Waals surface area contributed by atoms with Crippen LogP contribution in [0, 0.1) is 5.41 Å². The molecule has 2 aliphatic rings. The lowest BCUT2D eigenvalue weighted by Crippen LogP contribution is -2.73. The van der Waals surface area contributed by atoms with E-state index >= 15 is 0 Å². The van der Waals surface area contributed by atoms with Gasteiger partial charge in [-0.1, -0.05) is 5.16 Å². The van der Waals surface area contributed by atoms with Crippen LogP contribution in [0.15, 0.2) is 10.5 Å². The van der Waals surface area contributed by atoms with Crippen molar-refractivity contribution in [2.75, 3.05) is 25.1 Å². The number of aromatic nitrogens is 1. The van der Waals surface area contributed by atoms with Crippen LogP contribution in [0.5, 0.6) is 0 Å². The van der Waals surface area contributed by atoms with E-state index < -0.39 is 23.3 Å². The number of carboxylic acids is 1. The highest BCUT2D eigenvalue weighted by Gasteiger charge is 2.56. The molecule has 3 atom stereocenters. The van der Waals surface area contributed by atoms with Gasteiger partial charge in [-0.25, -0.2) is 4.98 Å². The Labute approximate surface area is 156 Å². The number of hydrogen-bond donors (Lipinski definition) is 3. The minimum absolute atomic E-state index is 0.0807. The van der Waals surface area contributed by atoms with E-state index in [2.05, 4.69) is 15.5 Å². The monoisotopic (exact) mass is 399 g/mol. The number of nitrogens with zero attached hydrogens (tertiary/aromatic N) is 3. The summed E-state index contributed by atoms with van der Waals surface area (Å²) in [6.07, 6.45) is 0. The molecule has 12 heteroatoms. The van der Waals surface area contributed by atoms with Crippen LogP contribution < -0.4 is 11.1 Å². The molecule has 0 aliphatic carbocycles. The molecule has 3 heterocycles. The van der Waals surface area contributed by atoms with Gasteiger partial charge in [0.05, 0.1) is 5.41 Å². The van der Waals surface area contributed by atoms with Crippen LogP contribution in [0.2, 0.25) is 0 Å². The third-order valence-electron chi connectivity index (χ3n) is 4.20. The van der Waals surface area contributed by atoms with Crippen molar-refractivity contribution in [2.45, 2.75) is 18.3 Å². The van der Waals surface area contributed by atoms with E-state index in [-0.39, 0.29) is 34.4 Å². The second-order valence-corrected chi connectivity index (χ2v) is 8.17. The molecule has 4 N–H and O–H groups in total. The highest BCUT2D eigenvalue weighted by Crippen LogP contribution is 2.41. The van der Waals surface area contributed by atoms with Gasteiger partial charge < -0.3 is 25.9 Å². The maximum atomic E-state index is 12.5. The van der Waals surface area contributed by atoms with E-state index in [9.17, 15) is 19.5 Å². The Kier molecular flexibility index (Phi) is 4.80. The van der Waals surface area contributed by atoms with Gasteiger partial charge in [-0.15, -0.1) is 23.1 Å². The molecular formula is C14H17N5O5S2. The normalized spacial score (nSPS) is 28.2. The lowest BCUT2D eigenvalue weighted by atomic mass is 9.89. The summed E-state index contributed by atoms with van der Waals surface area (Å²) < 4.78 is 0. The van der Waals surface area contributed by atoms with Crippen LogP contribution >= 0.6 is 23.1 Å². The van der Waals surface area contributed by atoms with Crippen molar-refractivity contribution in [3.8, 4) is 0 Å². The maximum Gasteiger partial charge on any atom is 0.312 e. The summed E-state index contributed by atoms with van der Waals surface area (Å²) in [7, 11) is 1.29. The Morgan fingerprint density at radius 3 is 2.88 bits per heavy atom. The Balaban J connectivity index is 1.70. The van der Waals surface area contributed by atoms with Crippen LogP contribution in [0.25, 0.3) is 0 Å². The van der Waals surface area contributed by atoms with E-state index in [4.69, 9.17) is 10.6 Å². The Bertz CT molecular complexity index is 796. The standard InChI is InChI=1S/C14H17N5O5S2/c1-14(12(22)23)4-19-10(21)8(11(19)26-5-14)17-9(20)7(18-24-2)6-3-25-13(15)16-6/h3,8,11H,4-5H2,1-2H3,(H2,15,16)(H,17,20)(H,22,23)/t8?,11-,14?/m1/s1. The molecular weight excluding hydrogens is 382 g/mol. The lowest BCUT2D eigenvalue weighted by molar-refractivity contribution is -0.157. The van der Waals surface area contributed by atoms with Crippen molar-refractivity contribution < 1.29 is 24.3 Å². The van der Waals surface area contributed by atoms with Crippen LogP contribution in [-0.2, 0) is 19.2 Å². The SMILES string of the molecule is CON=C(C(=O)NC1C(=O)N2CC(C)(C(=O)O)CS[C@H]12)c1csc(N)n1. The van der Waals surface area contributed by atoms with Crippen molar-refractivity contribution in [1.29, 1.82) is 0 Å². The van der Waals surface area contributed by atoms with Crippen LogP contribution in [0.1, 0.15) is 12.6 Å². The van der Waals surface area contributed by atoms with Crippen LogP contribution in [0.3, 0.4) is 0 Å². The molecule has 2 saturated heterocycles. The van der Waals surface area contributed by atoms with Gasteiger partial charge in [-0.05, 0) is 6.92 Å². The fourth-order valence-electron chi connectivity index (χ4n) is 2.73. The predicted molar refractivity (Wildman–Crippen MR) is 95.7 cm³/mol. The number of carbonyl (C=O) groups is 3.